The zero-order chi connectivity index (χ0) is 27.9. The summed E-state index contributed by atoms with van der Waals surface area (Å²) in [5.41, 5.74) is 6.01. The van der Waals surface area contributed by atoms with Crippen LogP contribution < -0.4 is 0 Å². The Morgan fingerprint density at radius 1 is 1.23 bits per heavy atom. The monoisotopic (exact) mass is 529 g/mol. The van der Waals surface area contributed by atoms with Crippen LogP contribution >= 0.6 is 0 Å². The molecule has 1 aliphatic carbocycles. The number of ether oxygens (including phenoxy) is 1. The summed E-state index contributed by atoms with van der Waals surface area (Å²) in [4.78, 5) is 34.3. The van der Waals surface area contributed by atoms with Gasteiger partial charge in [-0.15, -0.1) is 0 Å². The molecule has 0 saturated carbocycles. The summed E-state index contributed by atoms with van der Waals surface area (Å²) in [5.74, 6) is -0.325. The molecule has 6 rings (SSSR count). The lowest BCUT2D eigenvalue weighted by Gasteiger charge is -2.49. The number of fused-ring (bicyclic) bond motifs is 5. The molecule has 0 N–H and O–H groups in total. The molecule has 7 heteroatoms. The van der Waals surface area contributed by atoms with Gasteiger partial charge in [-0.05, 0) is 67.0 Å². The van der Waals surface area contributed by atoms with Gasteiger partial charge in [0.05, 0.1) is 23.0 Å². The predicted molar refractivity (Wildman–Crippen MR) is 149 cm³/mol. The lowest BCUT2D eigenvalue weighted by Crippen LogP contribution is -2.60. The number of halogens is 1. The normalized spacial score (nSPS) is 27.8. The summed E-state index contributed by atoms with van der Waals surface area (Å²) in [6.07, 6.45) is 3.76. The van der Waals surface area contributed by atoms with Gasteiger partial charge in [0.1, 0.15) is 18.2 Å². The highest BCUT2D eigenvalue weighted by Crippen LogP contribution is 2.55. The number of piperazine rings is 1. The first-order valence-electron chi connectivity index (χ1n) is 13.8. The average molecular weight is 530 g/mol. The highest BCUT2D eigenvalue weighted by atomic mass is 19.1. The Morgan fingerprint density at radius 3 is 2.67 bits per heavy atom. The largest absolute Gasteiger partial charge is 0.369 e. The molecule has 3 fully saturated rings. The van der Waals surface area contributed by atoms with E-state index >= 15 is 0 Å². The van der Waals surface area contributed by atoms with Crippen LogP contribution in [0.3, 0.4) is 0 Å². The Bertz CT molecular complexity index is 1440. The van der Waals surface area contributed by atoms with E-state index in [9.17, 15) is 14.0 Å². The van der Waals surface area contributed by atoms with Crippen LogP contribution in [0, 0.1) is 12.7 Å². The third kappa shape index (κ3) is 3.96. The molecule has 4 aliphatic rings. The predicted octanol–water partition coefficient (Wildman–Crippen LogP) is 5.15. The number of carbonyl (C=O) groups excluding carboxylic acids is 2. The van der Waals surface area contributed by atoms with Gasteiger partial charge in [0.25, 0.3) is 5.91 Å². The molecular weight excluding hydrogens is 493 g/mol. The Kier molecular flexibility index (Phi) is 5.88. The minimum absolute atomic E-state index is 0.0617. The third-order valence-corrected chi connectivity index (χ3v) is 9.07. The molecule has 1 amide bonds. The number of aryl methyl sites for hydroxylation is 1. The second-order valence-corrected chi connectivity index (χ2v) is 12.7. The van der Waals surface area contributed by atoms with E-state index in [1.165, 1.54) is 0 Å². The number of hydrogen-bond donors (Lipinski definition) is 0. The van der Waals surface area contributed by atoms with Crippen molar-refractivity contribution in [3.63, 3.8) is 0 Å². The SMILES string of the molecule is C=C(C1CCC(C=O)O1)N1CCN2C(=O)C3=Cc4nc(-c5ccc(C)c(F)c5)cc(C(C)(C)C)c4C3C2(C)C1. The van der Waals surface area contributed by atoms with Gasteiger partial charge in [0.2, 0.25) is 0 Å². The molecule has 1 aromatic heterocycles. The van der Waals surface area contributed by atoms with Gasteiger partial charge >= 0.3 is 0 Å². The van der Waals surface area contributed by atoms with Crippen LogP contribution in [0.15, 0.2) is 42.1 Å². The number of carbonyl (C=O) groups is 2. The average Bonchev–Trinajstić information content (AvgIpc) is 3.58. The summed E-state index contributed by atoms with van der Waals surface area (Å²) >= 11 is 0. The van der Waals surface area contributed by atoms with Gasteiger partial charge in [-0.3, -0.25) is 4.79 Å². The van der Waals surface area contributed by atoms with Crippen molar-refractivity contribution >= 4 is 18.3 Å². The van der Waals surface area contributed by atoms with E-state index in [4.69, 9.17) is 9.72 Å². The van der Waals surface area contributed by atoms with E-state index in [-0.39, 0.29) is 35.3 Å². The molecule has 0 bridgehead atoms. The molecule has 204 valence electrons. The van der Waals surface area contributed by atoms with E-state index in [1.807, 2.05) is 17.0 Å². The van der Waals surface area contributed by atoms with Crippen molar-refractivity contribution in [1.82, 2.24) is 14.8 Å². The summed E-state index contributed by atoms with van der Waals surface area (Å²) in [5, 5.41) is 0. The summed E-state index contributed by atoms with van der Waals surface area (Å²) in [6, 6.07) is 7.31. The minimum Gasteiger partial charge on any atom is -0.369 e. The molecule has 0 spiro atoms. The fraction of sp³-hybridized carbons (Fsp3) is 0.469. The smallest absolute Gasteiger partial charge is 0.251 e. The number of hydrogen-bond acceptors (Lipinski definition) is 5. The van der Waals surface area contributed by atoms with Crippen LogP contribution in [0.1, 0.15) is 68.8 Å². The van der Waals surface area contributed by atoms with E-state index < -0.39 is 5.54 Å². The molecule has 2 aromatic rings. The molecular formula is C32H36FN3O3. The Morgan fingerprint density at radius 2 is 2.00 bits per heavy atom. The van der Waals surface area contributed by atoms with Gasteiger partial charge in [-0.2, -0.15) is 0 Å². The highest BCUT2D eigenvalue weighted by Gasteiger charge is 2.59. The van der Waals surface area contributed by atoms with Gasteiger partial charge in [0.15, 0.2) is 0 Å². The zero-order valence-corrected chi connectivity index (χ0v) is 23.4. The lowest BCUT2D eigenvalue weighted by molar-refractivity contribution is -0.131. The van der Waals surface area contributed by atoms with Crippen molar-refractivity contribution < 1.29 is 18.7 Å². The number of aldehydes is 1. The van der Waals surface area contributed by atoms with E-state index in [2.05, 4.69) is 45.2 Å². The van der Waals surface area contributed by atoms with Gasteiger partial charge < -0.3 is 19.3 Å². The van der Waals surface area contributed by atoms with Crippen LogP contribution in [-0.2, 0) is 19.7 Å². The first-order chi connectivity index (χ1) is 18.4. The first kappa shape index (κ1) is 25.9. The van der Waals surface area contributed by atoms with Gasteiger partial charge in [-0.25, -0.2) is 9.37 Å². The van der Waals surface area contributed by atoms with Crippen molar-refractivity contribution in [1.29, 1.82) is 0 Å². The third-order valence-electron chi connectivity index (χ3n) is 9.07. The van der Waals surface area contributed by atoms with Crippen molar-refractivity contribution in [2.75, 3.05) is 19.6 Å². The maximum absolute atomic E-state index is 14.5. The van der Waals surface area contributed by atoms with Crippen molar-refractivity contribution in [3.8, 4) is 11.3 Å². The number of nitrogens with zero attached hydrogens (tertiary/aromatic N) is 3. The van der Waals surface area contributed by atoms with E-state index in [1.54, 1.807) is 19.1 Å². The second-order valence-electron chi connectivity index (χ2n) is 12.7. The van der Waals surface area contributed by atoms with Crippen LogP contribution in [0.4, 0.5) is 4.39 Å². The quantitative estimate of drug-likeness (QED) is 0.513. The Balaban J connectivity index is 1.41. The number of amides is 1. The molecule has 4 heterocycles. The molecule has 3 aliphatic heterocycles. The summed E-state index contributed by atoms with van der Waals surface area (Å²) in [6.45, 7) is 16.7. The fourth-order valence-electron chi connectivity index (χ4n) is 6.95. The maximum atomic E-state index is 14.5. The van der Waals surface area contributed by atoms with Crippen LogP contribution in [0.5, 0.6) is 0 Å². The summed E-state index contributed by atoms with van der Waals surface area (Å²) < 4.78 is 20.4. The van der Waals surface area contributed by atoms with Crippen LogP contribution in [-0.4, -0.2) is 64.4 Å². The highest BCUT2D eigenvalue weighted by molar-refractivity contribution is 6.06. The lowest BCUT2D eigenvalue weighted by atomic mass is 9.73. The Hall–Kier alpha value is -3.32. The number of benzene rings is 1. The van der Waals surface area contributed by atoms with Crippen LogP contribution in [0.2, 0.25) is 0 Å². The molecule has 3 saturated heterocycles. The number of pyridine rings is 1. The van der Waals surface area contributed by atoms with Crippen molar-refractivity contribution in [3.05, 3.63) is 70.3 Å². The Labute approximate surface area is 229 Å². The molecule has 39 heavy (non-hydrogen) atoms. The van der Waals surface area contributed by atoms with Gasteiger partial charge in [0, 0.05) is 42.4 Å². The standard InChI is InChI=1S/C32H36FN3O3/c1-18-7-8-20(13-24(18)33)25-15-23(31(3,4)5)28-26(34-25)14-22-29(28)32(6)17-35(11-12-36(32)30(22)38)19(2)27-10-9-21(16-37)39-27/h7-8,13-16,21,27,29H,2,9-12,17H2,1,3-6H3. The second kappa shape index (κ2) is 8.85. The van der Waals surface area contributed by atoms with E-state index in [0.29, 0.717) is 37.3 Å². The number of aromatic nitrogens is 1. The zero-order valence-electron chi connectivity index (χ0n) is 23.4. The molecule has 0 radical (unpaired) electrons. The van der Waals surface area contributed by atoms with Gasteiger partial charge in [-0.1, -0.05) is 39.5 Å². The molecule has 4 unspecified atom stereocenters. The van der Waals surface area contributed by atoms with Crippen LogP contribution in [0.25, 0.3) is 17.3 Å². The summed E-state index contributed by atoms with van der Waals surface area (Å²) in [7, 11) is 0. The van der Waals surface area contributed by atoms with Crippen molar-refractivity contribution in [2.24, 2.45) is 0 Å². The maximum Gasteiger partial charge on any atom is 0.251 e. The molecule has 1 aromatic carbocycles. The molecule has 4 atom stereocenters. The first-order valence-corrected chi connectivity index (χ1v) is 13.8. The molecule has 6 nitrogen and oxygen atoms in total. The number of rotatable bonds is 4. The topological polar surface area (TPSA) is 62.7 Å². The van der Waals surface area contributed by atoms with E-state index in [0.717, 1.165) is 46.4 Å². The fourth-order valence-corrected chi connectivity index (χ4v) is 6.95. The van der Waals surface area contributed by atoms with Crippen molar-refractivity contribution in [2.45, 2.75) is 76.5 Å². The minimum atomic E-state index is -0.489.